The van der Waals surface area contributed by atoms with Gasteiger partial charge in [0, 0.05) is 63.8 Å². The molecule has 0 aliphatic carbocycles. The first-order valence-corrected chi connectivity index (χ1v) is 23.3. The van der Waals surface area contributed by atoms with Crippen molar-refractivity contribution in [3.8, 4) is 11.5 Å². The van der Waals surface area contributed by atoms with Crippen LogP contribution in [0.15, 0.2) is 182 Å². The highest BCUT2D eigenvalue weighted by Crippen LogP contribution is 2.50. The number of nitrogens with zero attached hydrogens (tertiary/aromatic N) is 4. The Bertz CT molecular complexity index is 3470. The van der Waals surface area contributed by atoms with Gasteiger partial charge in [-0.1, -0.05) is 124 Å². The fourth-order valence-electron chi connectivity index (χ4n) is 10.6. The van der Waals surface area contributed by atoms with Gasteiger partial charge in [0.1, 0.15) is 11.5 Å². The van der Waals surface area contributed by atoms with Gasteiger partial charge >= 0.3 is 0 Å². The highest BCUT2D eigenvalue weighted by atomic mass is 16.5. The van der Waals surface area contributed by atoms with Crippen LogP contribution in [-0.2, 0) is 7.05 Å². The summed E-state index contributed by atoms with van der Waals surface area (Å²) in [6, 6.07) is 67.4. The van der Waals surface area contributed by atoms with Gasteiger partial charge in [0.25, 0.3) is 6.71 Å². The van der Waals surface area contributed by atoms with Crippen LogP contribution in [0.4, 0.5) is 51.2 Å². The maximum Gasteiger partial charge on any atom is 0.256 e. The summed E-state index contributed by atoms with van der Waals surface area (Å²) in [5.74, 6) is 1.76. The van der Waals surface area contributed by atoms with Gasteiger partial charge in [-0.3, -0.25) is 0 Å². The van der Waals surface area contributed by atoms with Crippen LogP contribution < -0.4 is 35.8 Å². The van der Waals surface area contributed by atoms with E-state index in [4.69, 9.17) is 4.74 Å². The quantitative estimate of drug-likeness (QED) is 0.149. The number of fused-ring (bicyclic) bond motifs is 8. The molecule has 6 heteroatoms. The summed E-state index contributed by atoms with van der Waals surface area (Å²) < 4.78 is 10.1. The molecule has 0 amide bonds. The van der Waals surface area contributed by atoms with Crippen molar-refractivity contribution < 1.29 is 4.74 Å². The predicted octanol–water partition coefficient (Wildman–Crippen LogP) is 14.5. The number of hydrogen-bond donors (Lipinski definition) is 0. The summed E-state index contributed by atoms with van der Waals surface area (Å²) in [7, 11) is 2.20. The van der Waals surface area contributed by atoms with Crippen LogP contribution in [0.1, 0.15) is 33.4 Å². The summed E-state index contributed by atoms with van der Waals surface area (Å²) >= 11 is 0. The maximum atomic E-state index is 7.70. The Morgan fingerprint density at radius 2 is 0.955 bits per heavy atom. The molecule has 0 N–H and O–H groups in total. The van der Waals surface area contributed by atoms with Gasteiger partial charge in [0.05, 0.1) is 22.3 Å². The van der Waals surface area contributed by atoms with Crippen LogP contribution in [0.5, 0.6) is 11.5 Å². The molecule has 0 fully saturated rings. The van der Waals surface area contributed by atoms with Crippen LogP contribution in [0.25, 0.3) is 21.8 Å². The molecule has 2 aliphatic heterocycles. The first kappa shape index (κ1) is 40.5. The Hall–Kier alpha value is -7.96. The van der Waals surface area contributed by atoms with E-state index in [0.29, 0.717) is 0 Å². The van der Waals surface area contributed by atoms with E-state index >= 15 is 0 Å². The van der Waals surface area contributed by atoms with Crippen molar-refractivity contribution in [2.45, 2.75) is 41.5 Å². The smallest absolute Gasteiger partial charge is 0.256 e. The van der Waals surface area contributed by atoms with Gasteiger partial charge in [-0.2, -0.15) is 0 Å². The van der Waals surface area contributed by atoms with Crippen molar-refractivity contribution in [1.82, 2.24) is 4.57 Å². The zero-order valence-electron chi connectivity index (χ0n) is 39.1. The molecule has 0 spiro atoms. The van der Waals surface area contributed by atoms with E-state index in [1.807, 2.05) is 0 Å². The molecule has 67 heavy (non-hydrogen) atoms. The Morgan fingerprint density at radius 3 is 1.52 bits per heavy atom. The predicted molar refractivity (Wildman–Crippen MR) is 284 cm³/mol. The average molecular weight is 867 g/mol. The summed E-state index contributed by atoms with van der Waals surface area (Å²) in [4.78, 5) is 7.28. The molecule has 5 nitrogen and oxygen atoms in total. The number of hydrogen-bond acceptors (Lipinski definition) is 4. The van der Waals surface area contributed by atoms with Crippen LogP contribution in [0.3, 0.4) is 0 Å². The van der Waals surface area contributed by atoms with Crippen LogP contribution in [0.2, 0.25) is 0 Å². The lowest BCUT2D eigenvalue weighted by molar-refractivity contribution is 0.493. The fraction of sp³-hybridized carbons (Fsp3) is 0.115. The van der Waals surface area contributed by atoms with Gasteiger partial charge in [0.2, 0.25) is 0 Å². The molecule has 1 aromatic heterocycles. The maximum absolute atomic E-state index is 7.70. The van der Waals surface area contributed by atoms with Crippen molar-refractivity contribution in [3.63, 3.8) is 0 Å². The second-order valence-electron chi connectivity index (χ2n) is 18.8. The SMILES string of the molecule is Cc1ccc(N(c2ccc(C)cc2)c2cc3c4c(c2)N(c2ccc(C)cc2)c2ccc(C)cc2B4c2cc(N(c4ccc(C)cc4)c4ccc(C)cc4)c4c(c2O3)c2ccccc2n4C)cc1. The molecule has 0 atom stereocenters. The van der Waals surface area contributed by atoms with Gasteiger partial charge in [-0.15, -0.1) is 0 Å². The summed E-state index contributed by atoms with van der Waals surface area (Å²) in [6.07, 6.45) is 0. The third-order valence-electron chi connectivity index (χ3n) is 14.0. The standard InChI is InChI=1S/C61H51BN4O/c1-38-12-23-44(24-13-38)64(45-25-14-39(2)15-26-45)49-35-55-59-57(36-49)67-61-52(62(59)51-34-43(6)22-33-54(51)66(55)48-31-20-42(5)21-32-48)37-56(60-58(61)50-10-8-9-11-53(50)63(60)7)65(46-27-16-40(3)17-28-46)47-29-18-41(4)19-30-47/h8-37H,1-7H3. The zero-order valence-corrected chi connectivity index (χ0v) is 39.1. The largest absolute Gasteiger partial charge is 0.458 e. The molecule has 324 valence electrons. The molecular formula is C61H51BN4O. The minimum atomic E-state index is -0.147. The first-order chi connectivity index (χ1) is 32.6. The van der Waals surface area contributed by atoms with E-state index in [1.165, 1.54) is 38.8 Å². The van der Waals surface area contributed by atoms with Crippen LogP contribution in [0, 0.1) is 41.5 Å². The molecule has 0 saturated heterocycles. The molecule has 0 bridgehead atoms. The fourth-order valence-corrected chi connectivity index (χ4v) is 10.6. The Balaban J connectivity index is 1.20. The molecule has 9 aromatic carbocycles. The zero-order chi connectivity index (χ0) is 45.7. The van der Waals surface area contributed by atoms with Crippen molar-refractivity contribution in [2.75, 3.05) is 14.7 Å². The summed E-state index contributed by atoms with van der Waals surface area (Å²) in [5, 5.41) is 2.27. The number of para-hydroxylation sites is 1. The van der Waals surface area contributed by atoms with E-state index in [-0.39, 0.29) is 6.71 Å². The molecule has 0 saturated carbocycles. The van der Waals surface area contributed by atoms with Crippen molar-refractivity contribution in [1.29, 1.82) is 0 Å². The summed E-state index contributed by atoms with van der Waals surface area (Å²) in [6.45, 7) is 12.8. The number of ether oxygens (including phenoxy) is 1. The monoisotopic (exact) mass is 866 g/mol. The Kier molecular flexibility index (Phi) is 9.44. The van der Waals surface area contributed by atoms with Crippen molar-refractivity contribution >= 4 is 96.1 Å². The number of aryl methyl sites for hydroxylation is 7. The number of benzene rings is 9. The van der Waals surface area contributed by atoms with E-state index in [2.05, 4.69) is 250 Å². The molecule has 2 aliphatic rings. The second kappa shape index (κ2) is 15.6. The average Bonchev–Trinajstić information content (AvgIpc) is 3.64. The van der Waals surface area contributed by atoms with E-state index in [9.17, 15) is 0 Å². The van der Waals surface area contributed by atoms with Crippen LogP contribution >= 0.6 is 0 Å². The lowest BCUT2D eigenvalue weighted by Gasteiger charge is -2.41. The third-order valence-corrected chi connectivity index (χ3v) is 14.0. The van der Waals surface area contributed by atoms with Crippen molar-refractivity contribution in [2.24, 2.45) is 7.05 Å². The number of rotatable bonds is 7. The Morgan fingerprint density at radius 1 is 0.448 bits per heavy atom. The lowest BCUT2D eigenvalue weighted by Crippen LogP contribution is -2.59. The number of aromatic nitrogens is 1. The van der Waals surface area contributed by atoms with Gasteiger partial charge in [-0.25, -0.2) is 0 Å². The molecular weight excluding hydrogens is 816 g/mol. The second-order valence-corrected chi connectivity index (χ2v) is 18.8. The minimum absolute atomic E-state index is 0.147. The molecule has 10 aromatic rings. The molecule has 0 radical (unpaired) electrons. The van der Waals surface area contributed by atoms with Gasteiger partial charge in [-0.05, 0) is 143 Å². The Labute approximate surface area is 393 Å². The topological polar surface area (TPSA) is 23.9 Å². The molecule has 3 heterocycles. The van der Waals surface area contributed by atoms with E-state index in [1.54, 1.807) is 0 Å². The van der Waals surface area contributed by atoms with E-state index < -0.39 is 0 Å². The van der Waals surface area contributed by atoms with Gasteiger partial charge < -0.3 is 24.0 Å². The summed E-state index contributed by atoms with van der Waals surface area (Å²) in [5.41, 5.74) is 23.0. The van der Waals surface area contributed by atoms with Crippen molar-refractivity contribution in [3.05, 3.63) is 215 Å². The third kappa shape index (κ3) is 6.61. The van der Waals surface area contributed by atoms with Gasteiger partial charge in [0.15, 0.2) is 0 Å². The van der Waals surface area contributed by atoms with Crippen LogP contribution in [-0.4, -0.2) is 11.3 Å². The van der Waals surface area contributed by atoms with E-state index in [0.717, 1.165) is 95.4 Å². The lowest BCUT2D eigenvalue weighted by atomic mass is 9.34. The minimum Gasteiger partial charge on any atom is -0.458 e. The molecule has 0 unspecified atom stereocenters. The normalized spacial score (nSPS) is 12.5. The molecule has 12 rings (SSSR count). The number of anilines is 9. The highest BCUT2D eigenvalue weighted by Gasteiger charge is 2.44. The highest BCUT2D eigenvalue weighted by molar-refractivity contribution is 6.99. The first-order valence-electron chi connectivity index (χ1n) is 23.3.